The molecule has 1 fully saturated rings. The summed E-state index contributed by atoms with van der Waals surface area (Å²) in [6.07, 6.45) is -3.07. The van der Waals surface area contributed by atoms with E-state index < -0.39 is 34.7 Å². The van der Waals surface area contributed by atoms with E-state index in [0.29, 0.717) is 24.9 Å². The molecule has 0 bridgehead atoms. The number of carbonyl (C=O) groups is 3. The number of hydrogen-bond acceptors (Lipinski definition) is 8. The molecule has 1 atom stereocenters. The number of rotatable bonds is 7. The third-order valence-electron chi connectivity index (χ3n) is 4.94. The normalized spacial score (nSPS) is 15.6. The number of benzene rings is 1. The summed E-state index contributed by atoms with van der Waals surface area (Å²) in [5.74, 6) is -1.52. The number of nitrogens with one attached hydrogen (secondary N) is 1. The van der Waals surface area contributed by atoms with E-state index in [1.54, 1.807) is 0 Å². The summed E-state index contributed by atoms with van der Waals surface area (Å²) in [7, 11) is 2.01. The summed E-state index contributed by atoms with van der Waals surface area (Å²) >= 11 is 0.680. The number of thioether (sulfide) groups is 1. The Hall–Kier alpha value is -3.13. The highest BCUT2D eigenvalue weighted by atomic mass is 32.2. The van der Waals surface area contributed by atoms with Gasteiger partial charge in [0.25, 0.3) is 6.20 Å². The van der Waals surface area contributed by atoms with E-state index in [1.165, 1.54) is 17.9 Å². The minimum atomic E-state index is -4.51. The fraction of sp³-hybridized carbons (Fsp3) is 0.450. The molecule has 1 saturated heterocycles. The van der Waals surface area contributed by atoms with Crippen LogP contribution in [-0.4, -0.2) is 72.1 Å². The van der Waals surface area contributed by atoms with Gasteiger partial charge in [-0.1, -0.05) is 11.8 Å². The van der Waals surface area contributed by atoms with Crippen molar-refractivity contribution in [3.05, 3.63) is 46.9 Å². The quantitative estimate of drug-likeness (QED) is 0.569. The lowest BCUT2D eigenvalue weighted by Gasteiger charge is -2.26. The second kappa shape index (κ2) is 10.9. The largest absolute Gasteiger partial charge is 0.586 e. The molecular weight excluding hydrogens is 477 g/mol. The van der Waals surface area contributed by atoms with Gasteiger partial charge in [-0.15, -0.1) is 0 Å². The van der Waals surface area contributed by atoms with Crippen LogP contribution in [0.25, 0.3) is 5.32 Å². The molecule has 1 N–H and O–H groups in total. The monoisotopic (exact) mass is 500 g/mol. The highest BCUT2D eigenvalue weighted by molar-refractivity contribution is 8.14. The van der Waals surface area contributed by atoms with Gasteiger partial charge in [0.15, 0.2) is 0 Å². The van der Waals surface area contributed by atoms with Crippen LogP contribution < -0.4 is 15.1 Å². The van der Waals surface area contributed by atoms with Crippen molar-refractivity contribution in [2.24, 2.45) is 0 Å². The van der Waals surface area contributed by atoms with Crippen molar-refractivity contribution in [2.45, 2.75) is 19.1 Å². The first-order chi connectivity index (χ1) is 16.0. The van der Waals surface area contributed by atoms with Crippen molar-refractivity contribution in [3.63, 3.8) is 0 Å². The van der Waals surface area contributed by atoms with Crippen molar-refractivity contribution >= 4 is 34.6 Å². The fourth-order valence-electron chi connectivity index (χ4n) is 3.06. The third-order valence-corrected chi connectivity index (χ3v) is 5.94. The van der Waals surface area contributed by atoms with E-state index in [1.807, 2.05) is 12.1 Å². The summed E-state index contributed by atoms with van der Waals surface area (Å²) < 4.78 is 43.2. The maximum Gasteiger partial charge on any atom is 0.416 e. The van der Waals surface area contributed by atoms with E-state index in [2.05, 4.69) is 20.8 Å². The van der Waals surface area contributed by atoms with Crippen molar-refractivity contribution in [1.82, 2.24) is 15.5 Å². The summed E-state index contributed by atoms with van der Waals surface area (Å²) in [6, 6.07) is 2.58. The van der Waals surface area contributed by atoms with E-state index in [9.17, 15) is 27.6 Å². The second-order valence-corrected chi connectivity index (χ2v) is 8.59. The Bertz CT molecular complexity index is 1020. The van der Waals surface area contributed by atoms with Gasteiger partial charge < -0.3 is 24.9 Å². The van der Waals surface area contributed by atoms with Crippen LogP contribution in [0.1, 0.15) is 22.8 Å². The lowest BCUT2D eigenvalue weighted by Crippen LogP contribution is -2.64. The van der Waals surface area contributed by atoms with Crippen LogP contribution >= 0.6 is 11.8 Å². The highest BCUT2D eigenvalue weighted by Crippen LogP contribution is 2.29. The van der Waals surface area contributed by atoms with Crippen LogP contribution in [-0.2, 0) is 15.8 Å². The minimum Gasteiger partial charge on any atom is -0.586 e. The van der Waals surface area contributed by atoms with Crippen LogP contribution in [0, 0.1) is 0 Å². The molecular formula is C20H23F3N6O4S. The lowest BCUT2D eigenvalue weighted by atomic mass is 10.1. The first-order valence-electron chi connectivity index (χ1n) is 10.2. The smallest absolute Gasteiger partial charge is 0.416 e. The van der Waals surface area contributed by atoms with Gasteiger partial charge in [-0.25, -0.2) is 0 Å². The molecule has 3 rings (SSSR count). The standard InChI is InChI=1S/C20H23F3N6O4S/c1-13(30)24-16(12-34-19(32)14-3-5-15(6-4-14)20(21,22)23)18(31)25-17-11-29(26-33-17)28-9-7-27(2)8-10-28/h3-6,11,16H,7-10,12H2,1-2H3,(H-,24,25,26,30,31)/t16-/m0/s1. The average Bonchev–Trinajstić information content (AvgIpc) is 3.24. The zero-order valence-corrected chi connectivity index (χ0v) is 19.2. The summed E-state index contributed by atoms with van der Waals surface area (Å²) in [5, 5.41) is 11.5. The van der Waals surface area contributed by atoms with Crippen molar-refractivity contribution in [1.29, 1.82) is 0 Å². The second-order valence-electron chi connectivity index (χ2n) is 7.59. The predicted octanol–water partition coefficient (Wildman–Crippen LogP) is 1.47. The van der Waals surface area contributed by atoms with Crippen molar-refractivity contribution in [3.8, 4) is 0 Å². The number of alkyl halides is 3. The number of halogens is 3. The van der Waals surface area contributed by atoms with Gasteiger partial charge in [0.2, 0.25) is 16.3 Å². The maximum absolute atomic E-state index is 12.7. The SMILES string of the molecule is CC(=O)N[C@@H](CSC(=O)c1ccc(C(F)(F)F)cc1)C(=O)[N-]c1c[n+](N2CCN(C)CC2)no1. The van der Waals surface area contributed by atoms with Crippen molar-refractivity contribution in [2.75, 3.05) is 44.0 Å². The van der Waals surface area contributed by atoms with Crippen LogP contribution in [0.4, 0.5) is 19.1 Å². The zero-order chi connectivity index (χ0) is 24.9. The Morgan fingerprint density at radius 2 is 1.85 bits per heavy atom. The van der Waals surface area contributed by atoms with Gasteiger partial charge in [-0.05, 0) is 31.3 Å². The van der Waals surface area contributed by atoms with Crippen LogP contribution in [0.5, 0.6) is 0 Å². The Balaban J connectivity index is 1.59. The number of aromatic nitrogens is 2. The van der Waals surface area contributed by atoms with Crippen LogP contribution in [0.15, 0.2) is 35.0 Å². The van der Waals surface area contributed by atoms with E-state index in [4.69, 9.17) is 4.52 Å². The number of hydrogen-bond donors (Lipinski definition) is 1. The Morgan fingerprint density at radius 3 is 2.44 bits per heavy atom. The summed E-state index contributed by atoms with van der Waals surface area (Å²) in [4.78, 5) is 40.1. The summed E-state index contributed by atoms with van der Waals surface area (Å²) in [6.45, 7) is 4.29. The number of likely N-dealkylation sites (N-methyl/N-ethyl adjacent to an activating group) is 1. The summed E-state index contributed by atoms with van der Waals surface area (Å²) in [5.41, 5.74) is -0.840. The molecule has 0 unspecified atom stereocenters. The molecule has 10 nitrogen and oxygen atoms in total. The number of amides is 2. The van der Waals surface area contributed by atoms with Gasteiger partial charge in [-0.3, -0.25) is 9.59 Å². The molecule has 0 radical (unpaired) electrons. The molecule has 1 aromatic carbocycles. The van der Waals surface area contributed by atoms with Crippen molar-refractivity contribution < 1.29 is 36.9 Å². The van der Waals surface area contributed by atoms with Crippen LogP contribution in [0.2, 0.25) is 0 Å². The van der Waals surface area contributed by atoms with Gasteiger partial charge >= 0.3 is 6.18 Å². The number of carbonyl (C=O) groups excluding carboxylic acids is 3. The molecule has 34 heavy (non-hydrogen) atoms. The topological polar surface area (TPSA) is 114 Å². The molecule has 2 heterocycles. The van der Waals surface area contributed by atoms with Gasteiger partial charge in [0.1, 0.15) is 5.88 Å². The molecule has 1 aliphatic rings. The molecule has 184 valence electrons. The Kier molecular flexibility index (Phi) is 8.15. The third kappa shape index (κ3) is 6.93. The predicted molar refractivity (Wildman–Crippen MR) is 116 cm³/mol. The van der Waals surface area contributed by atoms with Crippen LogP contribution in [0.3, 0.4) is 0 Å². The van der Waals surface area contributed by atoms with E-state index in [0.717, 1.165) is 37.4 Å². The molecule has 1 aromatic heterocycles. The van der Waals surface area contributed by atoms with Gasteiger partial charge in [0.05, 0.1) is 35.4 Å². The molecule has 2 aromatic rings. The first kappa shape index (κ1) is 25.5. The Labute approximate surface area is 197 Å². The van der Waals surface area contributed by atoms with E-state index in [-0.39, 0.29) is 17.2 Å². The molecule has 2 amide bonds. The Morgan fingerprint density at radius 1 is 1.21 bits per heavy atom. The molecule has 1 aliphatic heterocycles. The number of piperazine rings is 1. The molecule has 0 spiro atoms. The van der Waals surface area contributed by atoms with Gasteiger partial charge in [-0.2, -0.15) is 18.2 Å². The zero-order valence-electron chi connectivity index (χ0n) is 18.4. The van der Waals surface area contributed by atoms with E-state index >= 15 is 0 Å². The van der Waals surface area contributed by atoms with Gasteiger partial charge in [0, 0.05) is 31.3 Å². The average molecular weight is 501 g/mol. The first-order valence-corrected chi connectivity index (χ1v) is 11.2. The maximum atomic E-state index is 12.7. The minimum absolute atomic E-state index is 0.0346. The fourth-order valence-corrected chi connectivity index (χ4v) is 3.90. The molecule has 14 heteroatoms. The number of nitrogens with zero attached hydrogens (tertiary/aromatic N) is 5. The lowest BCUT2D eigenvalue weighted by molar-refractivity contribution is -0.759. The highest BCUT2D eigenvalue weighted by Gasteiger charge is 2.30. The molecule has 0 saturated carbocycles. The molecule has 0 aliphatic carbocycles.